The summed E-state index contributed by atoms with van der Waals surface area (Å²) in [6.07, 6.45) is 0.818. The molecule has 0 aliphatic rings. The summed E-state index contributed by atoms with van der Waals surface area (Å²) in [4.78, 5) is 22.1. The first-order valence-electron chi connectivity index (χ1n) is 5.58. The van der Waals surface area contributed by atoms with Gasteiger partial charge in [0, 0.05) is 12.6 Å². The van der Waals surface area contributed by atoms with E-state index in [0.717, 1.165) is 6.42 Å². The van der Waals surface area contributed by atoms with Crippen LogP contribution in [-0.4, -0.2) is 31.0 Å². The van der Waals surface area contributed by atoms with Crippen LogP contribution in [0.3, 0.4) is 0 Å². The van der Waals surface area contributed by atoms with Gasteiger partial charge in [-0.05, 0) is 6.42 Å². The molecule has 0 atom stereocenters. The normalized spacial score (nSPS) is 10.8. The average Bonchev–Trinajstić information content (AvgIpc) is 2.96. The van der Waals surface area contributed by atoms with Crippen molar-refractivity contribution in [2.45, 2.75) is 30.8 Å². The molecule has 102 valence electrons. The first kappa shape index (κ1) is 13.4. The Morgan fingerprint density at radius 2 is 2.42 bits per heavy atom. The number of thioether (sulfide) groups is 1. The van der Waals surface area contributed by atoms with Gasteiger partial charge in [-0.3, -0.25) is 4.57 Å². The summed E-state index contributed by atoms with van der Waals surface area (Å²) in [6, 6.07) is 1.35. The van der Waals surface area contributed by atoms with Gasteiger partial charge in [0.1, 0.15) is 5.76 Å². The second kappa shape index (κ2) is 5.74. The van der Waals surface area contributed by atoms with E-state index in [1.807, 2.05) is 6.92 Å². The minimum Gasteiger partial charge on any atom is -0.476 e. The van der Waals surface area contributed by atoms with E-state index in [2.05, 4.69) is 15.4 Å². The highest BCUT2D eigenvalue weighted by Gasteiger charge is 2.13. The second-order valence-corrected chi connectivity index (χ2v) is 4.68. The van der Waals surface area contributed by atoms with E-state index in [0.29, 0.717) is 23.2 Å². The van der Waals surface area contributed by atoms with Gasteiger partial charge in [-0.2, -0.15) is 0 Å². The van der Waals surface area contributed by atoms with E-state index in [4.69, 9.17) is 9.63 Å². The quantitative estimate of drug-likeness (QED) is 0.759. The minimum absolute atomic E-state index is 0.136. The van der Waals surface area contributed by atoms with Crippen molar-refractivity contribution in [2.24, 2.45) is 0 Å². The number of rotatable bonds is 6. The van der Waals surface area contributed by atoms with Gasteiger partial charge < -0.3 is 9.63 Å². The van der Waals surface area contributed by atoms with Crippen LogP contribution in [0, 0.1) is 0 Å². The number of H-pyrrole nitrogens is 1. The Hall–Kier alpha value is -2.03. The van der Waals surface area contributed by atoms with Crippen LogP contribution in [0.4, 0.5) is 0 Å². The lowest BCUT2D eigenvalue weighted by molar-refractivity contribution is 0.0685. The third-order valence-corrected chi connectivity index (χ3v) is 3.29. The van der Waals surface area contributed by atoms with Crippen molar-refractivity contribution in [2.75, 3.05) is 0 Å². The number of carboxylic acid groups (broad SMARTS) is 1. The molecule has 0 bridgehead atoms. The Morgan fingerprint density at radius 3 is 3.05 bits per heavy atom. The molecule has 0 saturated carbocycles. The van der Waals surface area contributed by atoms with Crippen molar-refractivity contribution in [1.29, 1.82) is 0 Å². The van der Waals surface area contributed by atoms with E-state index in [1.54, 1.807) is 0 Å². The molecule has 0 saturated heterocycles. The molecule has 0 amide bonds. The molecule has 2 aromatic rings. The van der Waals surface area contributed by atoms with Crippen molar-refractivity contribution in [1.82, 2.24) is 19.9 Å². The van der Waals surface area contributed by atoms with E-state index in [1.165, 1.54) is 22.4 Å². The van der Waals surface area contributed by atoms with Crippen molar-refractivity contribution in [3.63, 3.8) is 0 Å². The van der Waals surface area contributed by atoms with E-state index >= 15 is 0 Å². The lowest BCUT2D eigenvalue weighted by Gasteiger charge is -2.01. The van der Waals surface area contributed by atoms with Crippen molar-refractivity contribution < 1.29 is 14.4 Å². The van der Waals surface area contributed by atoms with E-state index < -0.39 is 5.97 Å². The molecule has 8 nitrogen and oxygen atoms in total. The maximum absolute atomic E-state index is 11.5. The molecule has 0 unspecified atom stereocenters. The largest absolute Gasteiger partial charge is 0.476 e. The number of carboxylic acids is 1. The lowest BCUT2D eigenvalue weighted by Crippen LogP contribution is -2.17. The maximum atomic E-state index is 11.5. The van der Waals surface area contributed by atoms with Crippen LogP contribution in [0.25, 0.3) is 0 Å². The molecule has 0 aliphatic heterocycles. The highest BCUT2D eigenvalue weighted by molar-refractivity contribution is 7.98. The number of carbonyl (C=O) groups is 1. The monoisotopic (exact) mass is 284 g/mol. The first-order valence-corrected chi connectivity index (χ1v) is 6.57. The summed E-state index contributed by atoms with van der Waals surface area (Å²) in [6.45, 7) is 2.54. The van der Waals surface area contributed by atoms with Gasteiger partial charge in [-0.1, -0.05) is 23.8 Å². The van der Waals surface area contributed by atoms with Gasteiger partial charge in [0.25, 0.3) is 0 Å². The smallest absolute Gasteiger partial charge is 0.358 e. The fourth-order valence-corrected chi connectivity index (χ4v) is 2.30. The molecular formula is C10H12N4O4S. The van der Waals surface area contributed by atoms with Gasteiger partial charge in [0.05, 0.1) is 5.75 Å². The summed E-state index contributed by atoms with van der Waals surface area (Å²) in [7, 11) is 0. The number of nitrogens with zero attached hydrogens (tertiary/aromatic N) is 3. The number of nitrogens with one attached hydrogen (secondary N) is 1. The Labute approximate surface area is 111 Å². The Morgan fingerprint density at radius 1 is 1.63 bits per heavy atom. The van der Waals surface area contributed by atoms with Crippen LogP contribution in [0.1, 0.15) is 29.6 Å². The van der Waals surface area contributed by atoms with Crippen LogP contribution in [0.5, 0.6) is 0 Å². The maximum Gasteiger partial charge on any atom is 0.358 e. The first-order chi connectivity index (χ1) is 9.11. The summed E-state index contributed by atoms with van der Waals surface area (Å²) < 4.78 is 6.40. The summed E-state index contributed by atoms with van der Waals surface area (Å²) >= 11 is 1.28. The molecule has 2 heterocycles. The fraction of sp³-hybridized carbons (Fsp3) is 0.400. The van der Waals surface area contributed by atoms with Crippen LogP contribution in [0.2, 0.25) is 0 Å². The highest BCUT2D eigenvalue weighted by atomic mass is 32.2. The van der Waals surface area contributed by atoms with Gasteiger partial charge in [-0.25, -0.2) is 14.7 Å². The predicted molar refractivity (Wildman–Crippen MR) is 66.2 cm³/mol. The number of aromatic carboxylic acids is 1. The highest BCUT2D eigenvalue weighted by Crippen LogP contribution is 2.20. The number of hydrogen-bond donors (Lipinski definition) is 2. The SMILES string of the molecule is CCCn1c(SCc2cc(C(=O)O)no2)n[nH]c1=O. The van der Waals surface area contributed by atoms with Gasteiger partial charge in [0.2, 0.25) is 0 Å². The summed E-state index contributed by atoms with van der Waals surface area (Å²) in [5, 5.41) is 18.9. The van der Waals surface area contributed by atoms with E-state index in [9.17, 15) is 9.59 Å². The van der Waals surface area contributed by atoms with Crippen molar-refractivity contribution in [3.8, 4) is 0 Å². The molecule has 0 radical (unpaired) electrons. The van der Waals surface area contributed by atoms with Crippen LogP contribution < -0.4 is 5.69 Å². The molecule has 9 heteroatoms. The molecule has 2 rings (SSSR count). The zero-order valence-corrected chi connectivity index (χ0v) is 10.9. The topological polar surface area (TPSA) is 114 Å². The van der Waals surface area contributed by atoms with Crippen molar-refractivity contribution in [3.05, 3.63) is 28.0 Å². The third kappa shape index (κ3) is 3.05. The zero-order valence-electron chi connectivity index (χ0n) is 10.1. The Kier molecular flexibility index (Phi) is 4.05. The third-order valence-electron chi connectivity index (χ3n) is 2.29. The van der Waals surface area contributed by atoms with E-state index in [-0.39, 0.29) is 11.4 Å². The molecular weight excluding hydrogens is 272 g/mol. The Balaban J connectivity index is 2.05. The Bertz CT molecular complexity index is 630. The number of aromatic nitrogens is 4. The molecule has 0 spiro atoms. The predicted octanol–water partition coefficient (Wildman–Crippen LogP) is 0.960. The van der Waals surface area contributed by atoms with Gasteiger partial charge >= 0.3 is 11.7 Å². The summed E-state index contributed by atoms with van der Waals surface area (Å²) in [5.74, 6) is -0.363. The molecule has 0 aliphatic carbocycles. The molecule has 19 heavy (non-hydrogen) atoms. The van der Waals surface area contributed by atoms with Crippen LogP contribution in [-0.2, 0) is 12.3 Å². The molecule has 2 N–H and O–H groups in total. The zero-order chi connectivity index (χ0) is 13.8. The lowest BCUT2D eigenvalue weighted by atomic mass is 10.4. The second-order valence-electron chi connectivity index (χ2n) is 3.74. The molecule has 0 aromatic carbocycles. The van der Waals surface area contributed by atoms with Crippen molar-refractivity contribution >= 4 is 17.7 Å². The van der Waals surface area contributed by atoms with Crippen LogP contribution >= 0.6 is 11.8 Å². The minimum atomic E-state index is -1.14. The van der Waals surface area contributed by atoms with Gasteiger partial charge in [-0.15, -0.1) is 5.10 Å². The molecule has 2 aromatic heterocycles. The fourth-order valence-electron chi connectivity index (χ4n) is 1.45. The number of aromatic amines is 1. The summed E-state index contributed by atoms with van der Waals surface area (Å²) in [5.41, 5.74) is -0.392. The standard InChI is InChI=1S/C10H12N4O4S/c1-2-3-14-9(17)11-12-10(14)19-5-6-4-7(8(15)16)13-18-6/h4H,2-3,5H2,1H3,(H,11,17)(H,15,16). The number of hydrogen-bond acceptors (Lipinski definition) is 6. The van der Waals surface area contributed by atoms with Gasteiger partial charge in [0.15, 0.2) is 10.9 Å². The average molecular weight is 284 g/mol. The van der Waals surface area contributed by atoms with Crippen LogP contribution in [0.15, 0.2) is 20.5 Å². The molecule has 0 fully saturated rings.